The number of aromatic nitrogens is 3. The largest absolute Gasteiger partial charge is 0.493 e. The molecule has 0 saturated heterocycles. The summed E-state index contributed by atoms with van der Waals surface area (Å²) >= 11 is 0. The van der Waals surface area contributed by atoms with Gasteiger partial charge in [-0.05, 0) is 29.8 Å². The number of hydrogen-bond donors (Lipinski definition) is 1. The van der Waals surface area contributed by atoms with Crippen molar-refractivity contribution in [3.05, 3.63) is 60.3 Å². The second-order valence-corrected chi connectivity index (χ2v) is 6.27. The summed E-state index contributed by atoms with van der Waals surface area (Å²) in [5.74, 6) is 3.94. The van der Waals surface area contributed by atoms with Crippen molar-refractivity contribution in [3.63, 3.8) is 0 Å². The van der Waals surface area contributed by atoms with E-state index >= 15 is 0 Å². The Hall–Kier alpha value is -3.79. The highest BCUT2D eigenvalue weighted by molar-refractivity contribution is 5.94. The van der Waals surface area contributed by atoms with Crippen LogP contribution < -0.4 is 14.8 Å². The topological polar surface area (TPSA) is 78.3 Å². The van der Waals surface area contributed by atoms with Crippen LogP contribution in [0, 0.1) is 12.3 Å². The Bertz CT molecular complexity index is 1050. The molecule has 1 atom stereocenters. The maximum Gasteiger partial charge on any atom is 0.226 e. The van der Waals surface area contributed by atoms with Crippen LogP contribution in [0.2, 0.25) is 0 Å². The normalized spacial score (nSPS) is 15.3. The number of methoxy groups -OCH3 is 1. The van der Waals surface area contributed by atoms with Gasteiger partial charge in [0, 0.05) is 18.5 Å². The van der Waals surface area contributed by atoms with Crippen LogP contribution in [0.1, 0.15) is 23.6 Å². The van der Waals surface area contributed by atoms with E-state index in [1.807, 2.05) is 28.8 Å². The molecule has 1 aliphatic rings. The van der Waals surface area contributed by atoms with Crippen LogP contribution in [-0.2, 0) is 4.79 Å². The van der Waals surface area contributed by atoms with Crippen LogP contribution >= 0.6 is 0 Å². The predicted molar refractivity (Wildman–Crippen MR) is 104 cm³/mol. The first kappa shape index (κ1) is 17.6. The van der Waals surface area contributed by atoms with Gasteiger partial charge in [-0.15, -0.1) is 6.42 Å². The molecule has 0 bridgehead atoms. The number of nitrogens with one attached hydrogen (secondary N) is 1. The third kappa shape index (κ3) is 3.16. The number of amides is 1. The number of fused-ring (bicyclic) bond motifs is 1. The summed E-state index contributed by atoms with van der Waals surface area (Å²) in [7, 11) is 1.57. The first-order valence-corrected chi connectivity index (χ1v) is 8.73. The highest BCUT2D eigenvalue weighted by Crippen LogP contribution is 2.40. The van der Waals surface area contributed by atoms with Crippen LogP contribution in [-0.4, -0.2) is 34.2 Å². The van der Waals surface area contributed by atoms with E-state index in [1.54, 1.807) is 31.9 Å². The zero-order chi connectivity index (χ0) is 19.5. The van der Waals surface area contributed by atoms with E-state index in [0.717, 1.165) is 16.9 Å². The summed E-state index contributed by atoms with van der Waals surface area (Å²) in [6.45, 7) is 0.154. The maximum atomic E-state index is 12.4. The van der Waals surface area contributed by atoms with Crippen LogP contribution in [0.3, 0.4) is 0 Å². The molecule has 0 aliphatic carbocycles. The minimum Gasteiger partial charge on any atom is -0.493 e. The van der Waals surface area contributed by atoms with Crippen molar-refractivity contribution in [3.8, 4) is 29.5 Å². The highest BCUT2D eigenvalue weighted by Gasteiger charge is 2.31. The fraction of sp³-hybridized carbons (Fsp3) is 0.190. The standard InChI is InChI=1S/C21H18N4O3/c1-3-9-28-17-7-6-14(10-18(17)27-2)16-11-19(26)24-21-20(16)23-13-25(21)15-5-4-8-22-12-15/h1,4-8,10,12-13,16H,9,11H2,2H3,(H,24,26)/t16-/m1/s1. The van der Waals surface area contributed by atoms with Crippen molar-refractivity contribution in [2.24, 2.45) is 0 Å². The third-order valence-corrected chi connectivity index (χ3v) is 4.60. The number of benzene rings is 1. The van der Waals surface area contributed by atoms with Crippen molar-refractivity contribution in [2.75, 3.05) is 19.0 Å². The van der Waals surface area contributed by atoms with E-state index in [4.69, 9.17) is 15.9 Å². The summed E-state index contributed by atoms with van der Waals surface area (Å²) in [6, 6.07) is 9.32. The fourth-order valence-electron chi connectivity index (χ4n) is 3.31. The van der Waals surface area contributed by atoms with Crippen molar-refractivity contribution in [1.82, 2.24) is 14.5 Å². The molecular formula is C21H18N4O3. The van der Waals surface area contributed by atoms with Gasteiger partial charge in [0.05, 0.1) is 24.7 Å². The first-order valence-electron chi connectivity index (χ1n) is 8.73. The smallest absolute Gasteiger partial charge is 0.226 e. The summed E-state index contributed by atoms with van der Waals surface area (Å²) in [5.41, 5.74) is 2.54. The van der Waals surface area contributed by atoms with E-state index in [0.29, 0.717) is 23.7 Å². The van der Waals surface area contributed by atoms with E-state index in [9.17, 15) is 4.79 Å². The van der Waals surface area contributed by atoms with E-state index in [1.165, 1.54) is 0 Å². The van der Waals surface area contributed by atoms with Gasteiger partial charge in [-0.25, -0.2) is 4.98 Å². The van der Waals surface area contributed by atoms with Gasteiger partial charge in [0.15, 0.2) is 11.5 Å². The Morgan fingerprint density at radius 3 is 3.00 bits per heavy atom. The molecule has 7 heteroatoms. The number of imidazole rings is 1. The van der Waals surface area contributed by atoms with E-state index < -0.39 is 0 Å². The summed E-state index contributed by atoms with van der Waals surface area (Å²) in [4.78, 5) is 21.1. The molecule has 0 fully saturated rings. The second kappa shape index (κ2) is 7.45. The second-order valence-electron chi connectivity index (χ2n) is 6.27. The average Bonchev–Trinajstić information content (AvgIpc) is 3.16. The van der Waals surface area contributed by atoms with E-state index in [2.05, 4.69) is 21.2 Å². The van der Waals surface area contributed by atoms with Gasteiger partial charge in [0.2, 0.25) is 5.91 Å². The first-order chi connectivity index (χ1) is 13.7. The molecule has 3 aromatic rings. The van der Waals surface area contributed by atoms with E-state index in [-0.39, 0.29) is 18.4 Å². The Morgan fingerprint density at radius 1 is 1.36 bits per heavy atom. The maximum absolute atomic E-state index is 12.4. The quantitative estimate of drug-likeness (QED) is 0.695. The molecule has 0 spiro atoms. The molecule has 7 nitrogen and oxygen atoms in total. The Kier molecular flexibility index (Phi) is 4.68. The molecule has 0 saturated carbocycles. The Balaban J connectivity index is 1.74. The number of rotatable bonds is 5. The molecule has 140 valence electrons. The summed E-state index contributed by atoms with van der Waals surface area (Å²) < 4.78 is 12.8. The SMILES string of the molecule is C#CCOc1ccc([C@H]2CC(=O)Nc3c2ncn3-c2cccnc2)cc1OC. The number of pyridine rings is 1. The van der Waals surface area contributed by atoms with Gasteiger partial charge < -0.3 is 14.8 Å². The Morgan fingerprint density at radius 2 is 2.25 bits per heavy atom. The lowest BCUT2D eigenvalue weighted by atomic mass is 9.89. The molecule has 0 radical (unpaired) electrons. The van der Waals surface area contributed by atoms with Gasteiger partial charge in [-0.2, -0.15) is 0 Å². The molecule has 1 aliphatic heterocycles. The van der Waals surface area contributed by atoms with Gasteiger partial charge >= 0.3 is 0 Å². The molecular weight excluding hydrogens is 356 g/mol. The lowest BCUT2D eigenvalue weighted by Crippen LogP contribution is -2.25. The zero-order valence-corrected chi connectivity index (χ0v) is 15.3. The van der Waals surface area contributed by atoms with Crippen LogP contribution in [0.4, 0.5) is 5.82 Å². The number of carbonyl (C=O) groups excluding carboxylic acids is 1. The molecule has 4 rings (SSSR count). The van der Waals surface area contributed by atoms with Crippen molar-refractivity contribution >= 4 is 11.7 Å². The number of carbonyl (C=O) groups is 1. The Labute approximate surface area is 162 Å². The molecule has 1 amide bonds. The minimum absolute atomic E-state index is 0.0743. The van der Waals surface area contributed by atoms with Gasteiger partial charge in [0.1, 0.15) is 18.8 Å². The molecule has 0 unspecified atom stereocenters. The molecule has 3 heterocycles. The van der Waals surface area contributed by atoms with Gasteiger partial charge in [-0.1, -0.05) is 12.0 Å². The number of terminal acetylenes is 1. The number of nitrogens with zero attached hydrogens (tertiary/aromatic N) is 3. The monoisotopic (exact) mass is 374 g/mol. The summed E-state index contributed by atoms with van der Waals surface area (Å²) in [6.07, 6.45) is 10.7. The summed E-state index contributed by atoms with van der Waals surface area (Å²) in [5, 5.41) is 2.93. The van der Waals surface area contributed by atoms with Crippen LogP contribution in [0.25, 0.3) is 5.69 Å². The van der Waals surface area contributed by atoms with Crippen molar-refractivity contribution in [2.45, 2.75) is 12.3 Å². The zero-order valence-electron chi connectivity index (χ0n) is 15.3. The van der Waals surface area contributed by atoms with Crippen LogP contribution in [0.5, 0.6) is 11.5 Å². The molecule has 2 aromatic heterocycles. The molecule has 28 heavy (non-hydrogen) atoms. The highest BCUT2D eigenvalue weighted by atomic mass is 16.5. The number of hydrogen-bond acceptors (Lipinski definition) is 5. The van der Waals surface area contributed by atoms with Gasteiger partial charge in [-0.3, -0.25) is 14.3 Å². The van der Waals surface area contributed by atoms with Crippen LogP contribution in [0.15, 0.2) is 49.1 Å². The minimum atomic E-state index is -0.197. The lowest BCUT2D eigenvalue weighted by molar-refractivity contribution is -0.116. The van der Waals surface area contributed by atoms with Crippen molar-refractivity contribution in [1.29, 1.82) is 0 Å². The third-order valence-electron chi connectivity index (χ3n) is 4.60. The molecule has 1 aromatic carbocycles. The lowest BCUT2D eigenvalue weighted by Gasteiger charge is -2.24. The van der Waals surface area contributed by atoms with Crippen molar-refractivity contribution < 1.29 is 14.3 Å². The fourth-order valence-corrected chi connectivity index (χ4v) is 3.31. The van der Waals surface area contributed by atoms with Gasteiger partial charge in [0.25, 0.3) is 0 Å². The average molecular weight is 374 g/mol. The number of ether oxygens (including phenoxy) is 2. The number of anilines is 1. The molecule has 1 N–H and O–H groups in total. The predicted octanol–water partition coefficient (Wildman–Crippen LogP) is 2.76.